The highest BCUT2D eigenvalue weighted by molar-refractivity contribution is 6.03. The van der Waals surface area contributed by atoms with Gasteiger partial charge in [0.2, 0.25) is 0 Å². The average molecular weight is 539 g/mol. The van der Waals surface area contributed by atoms with Crippen molar-refractivity contribution in [2.45, 2.75) is 52.1 Å². The lowest BCUT2D eigenvalue weighted by molar-refractivity contribution is -0.150. The topological polar surface area (TPSA) is 71.4 Å². The van der Waals surface area contributed by atoms with Gasteiger partial charge in [0.05, 0.1) is 11.4 Å². The van der Waals surface area contributed by atoms with Gasteiger partial charge in [-0.15, -0.1) is 0 Å². The quantitative estimate of drug-likeness (QED) is 0.274. The number of aliphatic carboxylic acids is 1. The second-order valence-corrected chi connectivity index (χ2v) is 10.7. The zero-order valence-corrected chi connectivity index (χ0v) is 23.4. The molecule has 0 bridgehead atoms. The summed E-state index contributed by atoms with van der Waals surface area (Å²) in [5, 5.41) is 11.1. The van der Waals surface area contributed by atoms with Crippen molar-refractivity contribution in [1.82, 2.24) is 4.90 Å². The Morgan fingerprint density at radius 2 is 1.60 bits per heavy atom. The van der Waals surface area contributed by atoms with E-state index in [1.54, 1.807) is 0 Å². The summed E-state index contributed by atoms with van der Waals surface area (Å²) in [7, 11) is 0. The van der Waals surface area contributed by atoms with Crippen molar-refractivity contribution in [3.8, 4) is 17.2 Å². The number of rotatable bonds is 11. The first kappa shape index (κ1) is 27.7. The molecule has 0 saturated carbocycles. The van der Waals surface area contributed by atoms with Gasteiger partial charge in [-0.2, -0.15) is 0 Å². The fraction of sp³-hybridized carbons (Fsp3) is 0.353. The van der Waals surface area contributed by atoms with Gasteiger partial charge >= 0.3 is 5.97 Å². The molecule has 1 saturated heterocycles. The molecule has 0 spiro atoms. The van der Waals surface area contributed by atoms with E-state index in [9.17, 15) is 9.90 Å². The zero-order chi connectivity index (χ0) is 28.0. The van der Waals surface area contributed by atoms with Crippen molar-refractivity contribution < 1.29 is 19.4 Å². The van der Waals surface area contributed by atoms with Crippen molar-refractivity contribution in [3.63, 3.8) is 0 Å². The third-order valence-electron chi connectivity index (χ3n) is 8.02. The predicted molar refractivity (Wildman–Crippen MR) is 159 cm³/mol. The lowest BCUT2D eigenvalue weighted by Crippen LogP contribution is -2.54. The maximum absolute atomic E-state index is 13.5. The minimum Gasteiger partial charge on any atom is -0.483 e. The monoisotopic (exact) mass is 538 g/mol. The van der Waals surface area contributed by atoms with Crippen LogP contribution in [0, 0.1) is 5.41 Å². The molecule has 40 heavy (non-hydrogen) atoms. The van der Waals surface area contributed by atoms with Crippen molar-refractivity contribution in [3.05, 3.63) is 96.1 Å². The van der Waals surface area contributed by atoms with Gasteiger partial charge in [-0.25, -0.2) is 0 Å². The molecule has 0 amide bonds. The van der Waals surface area contributed by atoms with E-state index < -0.39 is 17.5 Å². The Bertz CT molecular complexity index is 1360. The first-order chi connectivity index (χ1) is 19.5. The number of hydrogen-bond acceptors (Lipinski definition) is 5. The normalized spacial score (nSPS) is 21.2. The number of carboxylic acids is 1. The molecule has 208 valence electrons. The molecule has 6 heteroatoms. The summed E-state index contributed by atoms with van der Waals surface area (Å²) in [5.74, 6) is 1.20. The molecule has 3 aromatic rings. The Morgan fingerprint density at radius 1 is 0.950 bits per heavy atom. The Morgan fingerprint density at radius 3 is 2.25 bits per heavy atom. The van der Waals surface area contributed by atoms with Gasteiger partial charge in [-0.05, 0) is 94.2 Å². The predicted octanol–water partition coefficient (Wildman–Crippen LogP) is 7.47. The first-order valence-electron chi connectivity index (χ1n) is 14.3. The van der Waals surface area contributed by atoms with Crippen LogP contribution in [0.25, 0.3) is 5.70 Å². The third-order valence-corrected chi connectivity index (χ3v) is 8.02. The van der Waals surface area contributed by atoms with Gasteiger partial charge in [0.1, 0.15) is 22.7 Å². The Kier molecular flexibility index (Phi) is 8.66. The van der Waals surface area contributed by atoms with Crippen LogP contribution in [0.5, 0.6) is 17.2 Å². The molecule has 2 unspecified atom stereocenters. The van der Waals surface area contributed by atoms with E-state index in [4.69, 9.17) is 14.5 Å². The number of nitrogens with zero attached hydrogens (tertiary/aromatic N) is 2. The van der Waals surface area contributed by atoms with Crippen LogP contribution in [-0.2, 0) is 4.79 Å². The lowest BCUT2D eigenvalue weighted by atomic mass is 9.68. The highest BCUT2D eigenvalue weighted by Crippen LogP contribution is 2.47. The molecule has 2 aliphatic rings. The minimum absolute atomic E-state index is 0.443. The number of para-hydroxylation sites is 2. The van der Waals surface area contributed by atoms with Crippen molar-refractivity contribution >= 4 is 17.4 Å². The molecule has 6 nitrogen and oxygen atoms in total. The summed E-state index contributed by atoms with van der Waals surface area (Å²) in [6.07, 6.45) is 3.52. The van der Waals surface area contributed by atoms with Gasteiger partial charge in [0, 0.05) is 5.56 Å². The molecule has 5 rings (SSSR count). The molecule has 0 radical (unpaired) electrons. The van der Waals surface area contributed by atoms with E-state index in [-0.39, 0.29) is 0 Å². The maximum Gasteiger partial charge on any atom is 0.318 e. The van der Waals surface area contributed by atoms with Gasteiger partial charge in [-0.3, -0.25) is 9.79 Å². The van der Waals surface area contributed by atoms with Crippen LogP contribution in [0.4, 0.5) is 0 Å². The van der Waals surface area contributed by atoms with Crippen LogP contribution in [0.3, 0.4) is 0 Å². The molecule has 2 aliphatic heterocycles. The van der Waals surface area contributed by atoms with Crippen LogP contribution in [0.15, 0.2) is 95.5 Å². The Balaban J connectivity index is 1.60. The van der Waals surface area contributed by atoms with Gasteiger partial charge in [0.15, 0.2) is 6.10 Å². The number of ether oxygens (including phenoxy) is 2. The summed E-state index contributed by atoms with van der Waals surface area (Å²) in [6, 6.07) is 26.9. The van der Waals surface area contributed by atoms with Crippen LogP contribution in [0.1, 0.15) is 51.5 Å². The van der Waals surface area contributed by atoms with E-state index in [0.29, 0.717) is 36.6 Å². The molecular weight excluding hydrogens is 500 g/mol. The highest BCUT2D eigenvalue weighted by atomic mass is 16.5. The van der Waals surface area contributed by atoms with Gasteiger partial charge in [-0.1, -0.05) is 61.9 Å². The smallest absolute Gasteiger partial charge is 0.318 e. The third kappa shape index (κ3) is 5.82. The van der Waals surface area contributed by atoms with E-state index in [0.717, 1.165) is 54.9 Å². The molecule has 2 heterocycles. The largest absolute Gasteiger partial charge is 0.483 e. The standard InChI is InChI=1S/C34H38N2O4/c1-3-13-30-32(40-28-17-8-5-9-18-28)34(33(37)38,20-23-36-21-10-11-22-36)25(2)31(35-30)26-14-12-19-29(24-26)39-27-15-6-4-7-16-27/h4-9,12,14-19,24,32H,3,10-11,13,20-23H2,1-2H3,(H,37,38). The molecule has 3 aromatic carbocycles. The highest BCUT2D eigenvalue weighted by Gasteiger charge is 2.54. The Hall–Kier alpha value is -3.90. The number of carbonyl (C=O) groups is 1. The van der Waals surface area contributed by atoms with E-state index >= 15 is 0 Å². The van der Waals surface area contributed by atoms with Crippen molar-refractivity contribution in [1.29, 1.82) is 0 Å². The van der Waals surface area contributed by atoms with Crippen molar-refractivity contribution in [2.24, 2.45) is 10.4 Å². The van der Waals surface area contributed by atoms with E-state index in [1.165, 1.54) is 0 Å². The van der Waals surface area contributed by atoms with Gasteiger partial charge < -0.3 is 19.5 Å². The summed E-state index contributed by atoms with van der Waals surface area (Å²) in [6.45, 7) is 6.72. The summed E-state index contributed by atoms with van der Waals surface area (Å²) < 4.78 is 12.7. The molecule has 1 N–H and O–H groups in total. The minimum atomic E-state index is -1.27. The Labute approximate surface area is 237 Å². The van der Waals surface area contributed by atoms with E-state index in [2.05, 4.69) is 11.8 Å². The molecular formula is C34H38N2O4. The summed E-state index contributed by atoms with van der Waals surface area (Å²) in [5.41, 5.74) is 1.75. The van der Waals surface area contributed by atoms with E-state index in [1.807, 2.05) is 91.9 Å². The van der Waals surface area contributed by atoms with Crippen LogP contribution in [-0.4, -0.2) is 47.4 Å². The number of aliphatic imine (C=N–C) groups is 1. The average Bonchev–Trinajstić information content (AvgIpc) is 3.49. The second kappa shape index (κ2) is 12.5. The fourth-order valence-electron chi connectivity index (χ4n) is 5.88. The van der Waals surface area contributed by atoms with Crippen LogP contribution >= 0.6 is 0 Å². The zero-order valence-electron chi connectivity index (χ0n) is 23.4. The van der Waals surface area contributed by atoms with Crippen molar-refractivity contribution in [2.75, 3.05) is 19.6 Å². The second-order valence-electron chi connectivity index (χ2n) is 10.7. The van der Waals surface area contributed by atoms with Gasteiger partial charge in [0.25, 0.3) is 0 Å². The molecule has 1 fully saturated rings. The van der Waals surface area contributed by atoms with Crippen LogP contribution < -0.4 is 9.47 Å². The fourth-order valence-corrected chi connectivity index (χ4v) is 5.88. The number of likely N-dealkylation sites (tertiary alicyclic amines) is 1. The molecule has 2 atom stereocenters. The SMILES string of the molecule is CCCC1=NC(c2cccc(Oc3ccccc3)c2)=C(C)C(CCN2CCCC2)(C(=O)O)C1Oc1ccccc1. The number of benzene rings is 3. The molecule has 0 aromatic heterocycles. The first-order valence-corrected chi connectivity index (χ1v) is 14.3. The summed E-state index contributed by atoms with van der Waals surface area (Å²) in [4.78, 5) is 21.0. The number of carboxylic acid groups (broad SMARTS) is 1. The lowest BCUT2D eigenvalue weighted by Gasteiger charge is -2.42. The number of hydrogen-bond donors (Lipinski definition) is 1. The molecule has 0 aliphatic carbocycles. The summed E-state index contributed by atoms with van der Waals surface area (Å²) >= 11 is 0. The van der Waals surface area contributed by atoms with Crippen LogP contribution in [0.2, 0.25) is 0 Å². The maximum atomic E-state index is 13.5.